The number of pyridine rings is 1. The van der Waals surface area contributed by atoms with Crippen LogP contribution in [-0.4, -0.2) is 10.9 Å². The molecule has 0 unspecified atom stereocenters. The first-order valence-corrected chi connectivity index (χ1v) is 5.22. The summed E-state index contributed by atoms with van der Waals surface area (Å²) in [6.07, 6.45) is 1.52. The first-order valence-electron chi connectivity index (χ1n) is 4.84. The zero-order valence-electron chi connectivity index (χ0n) is 8.65. The lowest BCUT2D eigenvalue weighted by Crippen LogP contribution is -2.13. The maximum absolute atomic E-state index is 12.9. The van der Waals surface area contributed by atoms with E-state index < -0.39 is 5.82 Å². The fraction of sp³-hybridized carbons (Fsp3) is 0. The SMILES string of the molecule is O=C(Nc1ccc(F)c(Cl)c1)c1ccccn1. The number of carbonyl (C=O) groups excluding carboxylic acids is 1. The lowest BCUT2D eigenvalue weighted by Gasteiger charge is -2.05. The number of carbonyl (C=O) groups is 1. The van der Waals surface area contributed by atoms with Gasteiger partial charge in [0.1, 0.15) is 11.5 Å². The fourth-order valence-corrected chi connectivity index (χ4v) is 1.45. The molecule has 0 saturated heterocycles. The normalized spacial score (nSPS) is 10.0. The van der Waals surface area contributed by atoms with Gasteiger partial charge in [-0.25, -0.2) is 4.39 Å². The highest BCUT2D eigenvalue weighted by molar-refractivity contribution is 6.31. The summed E-state index contributed by atoms with van der Waals surface area (Å²) in [5.41, 5.74) is 0.708. The largest absolute Gasteiger partial charge is 0.321 e. The third-order valence-electron chi connectivity index (χ3n) is 2.08. The van der Waals surface area contributed by atoms with Crippen LogP contribution in [0.4, 0.5) is 10.1 Å². The molecule has 0 bridgehead atoms. The van der Waals surface area contributed by atoms with Crippen molar-refractivity contribution in [3.8, 4) is 0 Å². The first kappa shape index (κ1) is 11.5. The van der Waals surface area contributed by atoms with Crippen molar-refractivity contribution in [1.29, 1.82) is 0 Å². The second-order valence-corrected chi connectivity index (χ2v) is 3.71. The van der Waals surface area contributed by atoms with E-state index in [4.69, 9.17) is 11.6 Å². The van der Waals surface area contributed by atoms with E-state index in [0.717, 1.165) is 0 Å². The number of amides is 1. The van der Waals surface area contributed by atoms with Gasteiger partial charge in [-0.05, 0) is 30.3 Å². The molecule has 0 spiro atoms. The van der Waals surface area contributed by atoms with Crippen molar-refractivity contribution in [3.63, 3.8) is 0 Å². The number of halogens is 2. The molecule has 0 aliphatic carbocycles. The summed E-state index contributed by atoms with van der Waals surface area (Å²) in [5.74, 6) is -0.893. The molecule has 86 valence electrons. The van der Waals surface area contributed by atoms with Crippen molar-refractivity contribution in [2.75, 3.05) is 5.32 Å². The van der Waals surface area contributed by atoms with Crippen molar-refractivity contribution in [3.05, 3.63) is 59.1 Å². The Bertz CT molecular complexity index is 545. The summed E-state index contributed by atoms with van der Waals surface area (Å²) in [4.78, 5) is 15.6. The summed E-state index contributed by atoms with van der Waals surface area (Å²) in [6, 6.07) is 8.97. The molecule has 0 radical (unpaired) electrons. The minimum Gasteiger partial charge on any atom is -0.321 e. The highest BCUT2D eigenvalue weighted by Crippen LogP contribution is 2.19. The lowest BCUT2D eigenvalue weighted by molar-refractivity contribution is 0.102. The van der Waals surface area contributed by atoms with E-state index in [2.05, 4.69) is 10.3 Å². The molecular weight excluding hydrogens is 243 g/mol. The summed E-state index contributed by atoms with van der Waals surface area (Å²) in [7, 11) is 0. The van der Waals surface area contributed by atoms with Gasteiger partial charge >= 0.3 is 0 Å². The van der Waals surface area contributed by atoms with Crippen LogP contribution in [0.3, 0.4) is 0 Å². The molecule has 0 aliphatic heterocycles. The maximum Gasteiger partial charge on any atom is 0.274 e. The van der Waals surface area contributed by atoms with E-state index >= 15 is 0 Å². The third-order valence-corrected chi connectivity index (χ3v) is 2.36. The Morgan fingerprint density at radius 2 is 2.12 bits per heavy atom. The van der Waals surface area contributed by atoms with Crippen LogP contribution in [0.5, 0.6) is 0 Å². The number of rotatable bonds is 2. The predicted octanol–water partition coefficient (Wildman–Crippen LogP) is 3.13. The summed E-state index contributed by atoms with van der Waals surface area (Å²) < 4.78 is 12.9. The van der Waals surface area contributed by atoms with E-state index in [1.807, 2.05) is 0 Å². The molecule has 0 fully saturated rings. The molecule has 0 atom stereocenters. The second-order valence-electron chi connectivity index (χ2n) is 3.30. The Kier molecular flexibility index (Phi) is 3.35. The lowest BCUT2D eigenvalue weighted by atomic mass is 10.3. The van der Waals surface area contributed by atoms with Gasteiger partial charge in [-0.15, -0.1) is 0 Å². The molecule has 1 N–H and O–H groups in total. The molecule has 3 nitrogen and oxygen atoms in total. The predicted molar refractivity (Wildman–Crippen MR) is 63.6 cm³/mol. The summed E-state index contributed by atoms with van der Waals surface area (Å²) >= 11 is 5.60. The molecular formula is C12H8ClFN2O. The summed E-state index contributed by atoms with van der Waals surface area (Å²) in [6.45, 7) is 0. The molecule has 0 aliphatic rings. The average Bonchev–Trinajstić information content (AvgIpc) is 2.35. The number of benzene rings is 1. The zero-order valence-corrected chi connectivity index (χ0v) is 9.41. The van der Waals surface area contributed by atoms with Crippen molar-refractivity contribution in [2.24, 2.45) is 0 Å². The van der Waals surface area contributed by atoms with Gasteiger partial charge in [-0.3, -0.25) is 9.78 Å². The molecule has 2 aromatic rings. The number of hydrogen-bond donors (Lipinski definition) is 1. The minimum atomic E-state index is -0.525. The van der Waals surface area contributed by atoms with Gasteiger partial charge in [0.2, 0.25) is 0 Å². The van der Waals surface area contributed by atoms with Crippen LogP contribution in [0.25, 0.3) is 0 Å². The van der Waals surface area contributed by atoms with Gasteiger partial charge in [0, 0.05) is 11.9 Å². The van der Waals surface area contributed by atoms with Crippen molar-refractivity contribution in [1.82, 2.24) is 4.98 Å². The molecule has 1 heterocycles. The summed E-state index contributed by atoms with van der Waals surface area (Å²) in [5, 5.41) is 2.54. The van der Waals surface area contributed by atoms with Crippen molar-refractivity contribution in [2.45, 2.75) is 0 Å². The van der Waals surface area contributed by atoms with Crippen molar-refractivity contribution >= 4 is 23.2 Å². The van der Waals surface area contributed by atoms with E-state index in [0.29, 0.717) is 5.69 Å². The van der Waals surface area contributed by atoms with Gasteiger partial charge in [0.05, 0.1) is 5.02 Å². The van der Waals surface area contributed by atoms with Crippen LogP contribution in [0, 0.1) is 5.82 Å². The van der Waals surface area contributed by atoms with Gasteiger partial charge in [0.25, 0.3) is 5.91 Å². The molecule has 5 heteroatoms. The number of nitrogens with one attached hydrogen (secondary N) is 1. The molecule has 1 aromatic heterocycles. The smallest absolute Gasteiger partial charge is 0.274 e. The van der Waals surface area contributed by atoms with Gasteiger partial charge in [0.15, 0.2) is 0 Å². The Labute approximate surface area is 102 Å². The second kappa shape index (κ2) is 4.93. The highest BCUT2D eigenvalue weighted by atomic mass is 35.5. The van der Waals surface area contributed by atoms with E-state index in [1.54, 1.807) is 18.2 Å². The van der Waals surface area contributed by atoms with Crippen molar-refractivity contribution < 1.29 is 9.18 Å². The van der Waals surface area contributed by atoms with Gasteiger partial charge < -0.3 is 5.32 Å². The van der Waals surface area contributed by atoms with Crippen LogP contribution < -0.4 is 5.32 Å². The topological polar surface area (TPSA) is 42.0 Å². The minimum absolute atomic E-state index is 0.0381. The molecule has 1 aromatic carbocycles. The third kappa shape index (κ3) is 2.79. The Morgan fingerprint density at radius 3 is 2.76 bits per heavy atom. The molecule has 17 heavy (non-hydrogen) atoms. The quantitative estimate of drug-likeness (QED) is 0.890. The Balaban J connectivity index is 2.16. The fourth-order valence-electron chi connectivity index (χ4n) is 1.27. The molecule has 1 amide bonds. The standard InChI is InChI=1S/C12H8ClFN2O/c13-9-7-8(4-5-10(9)14)16-12(17)11-3-1-2-6-15-11/h1-7H,(H,16,17). The van der Waals surface area contributed by atoms with Crippen LogP contribution in [0.15, 0.2) is 42.6 Å². The Morgan fingerprint density at radius 1 is 1.29 bits per heavy atom. The number of anilines is 1. The average molecular weight is 251 g/mol. The first-order chi connectivity index (χ1) is 8.16. The van der Waals surface area contributed by atoms with Gasteiger partial charge in [-0.2, -0.15) is 0 Å². The number of hydrogen-bond acceptors (Lipinski definition) is 2. The number of nitrogens with zero attached hydrogens (tertiary/aromatic N) is 1. The van der Waals surface area contributed by atoms with Crippen LogP contribution >= 0.6 is 11.6 Å². The zero-order chi connectivity index (χ0) is 12.3. The highest BCUT2D eigenvalue weighted by Gasteiger charge is 2.07. The van der Waals surface area contributed by atoms with Crippen LogP contribution in [-0.2, 0) is 0 Å². The molecule has 2 rings (SSSR count). The van der Waals surface area contributed by atoms with E-state index in [9.17, 15) is 9.18 Å². The molecule has 0 saturated carbocycles. The van der Waals surface area contributed by atoms with E-state index in [1.165, 1.54) is 24.4 Å². The maximum atomic E-state index is 12.9. The monoisotopic (exact) mass is 250 g/mol. The number of aromatic nitrogens is 1. The van der Waals surface area contributed by atoms with E-state index in [-0.39, 0.29) is 16.6 Å². The van der Waals surface area contributed by atoms with Crippen LogP contribution in [0.1, 0.15) is 10.5 Å². The van der Waals surface area contributed by atoms with Crippen LogP contribution in [0.2, 0.25) is 5.02 Å². The Hall–Kier alpha value is -1.94. The van der Waals surface area contributed by atoms with Gasteiger partial charge in [-0.1, -0.05) is 17.7 Å².